The Morgan fingerprint density at radius 2 is 2.00 bits per heavy atom. The number of hydrogen-bond donors (Lipinski definition) is 2. The summed E-state index contributed by atoms with van der Waals surface area (Å²) in [7, 11) is 1.34. The molecule has 0 spiro atoms. The van der Waals surface area contributed by atoms with Crippen LogP contribution in [-0.4, -0.2) is 25.1 Å². The molecule has 2 aromatic rings. The van der Waals surface area contributed by atoms with E-state index in [4.69, 9.17) is 4.74 Å². The summed E-state index contributed by atoms with van der Waals surface area (Å²) in [5, 5.41) is 5.91. The van der Waals surface area contributed by atoms with Crippen molar-refractivity contribution in [2.45, 2.75) is 6.61 Å². The van der Waals surface area contributed by atoms with Gasteiger partial charge in [0.25, 0.3) is 0 Å². The first kappa shape index (κ1) is 18.6. The third-order valence-corrected chi connectivity index (χ3v) is 3.61. The molecule has 0 bridgehead atoms. The molecule has 0 saturated heterocycles. The third-order valence-electron chi connectivity index (χ3n) is 3.12. The van der Waals surface area contributed by atoms with E-state index in [-0.39, 0.29) is 12.4 Å². The van der Waals surface area contributed by atoms with E-state index in [9.17, 15) is 14.0 Å². The number of ether oxygens (including phenoxy) is 1. The number of amides is 2. The molecule has 2 rings (SSSR count). The molecule has 130 valence electrons. The Morgan fingerprint density at radius 1 is 1.24 bits per heavy atom. The number of hydrogen-bond acceptors (Lipinski definition) is 4. The second-order valence-electron chi connectivity index (χ2n) is 4.84. The van der Waals surface area contributed by atoms with Crippen molar-refractivity contribution in [1.29, 1.82) is 0 Å². The fourth-order valence-electron chi connectivity index (χ4n) is 1.85. The van der Waals surface area contributed by atoms with Crippen LogP contribution in [0.15, 0.2) is 52.0 Å². The van der Waals surface area contributed by atoms with Gasteiger partial charge in [-0.2, -0.15) is 5.10 Å². The summed E-state index contributed by atoms with van der Waals surface area (Å²) < 4.78 is 20.1. The zero-order valence-corrected chi connectivity index (χ0v) is 14.8. The largest absolute Gasteiger partial charge is 0.488 e. The maximum absolute atomic E-state index is 13.7. The zero-order valence-electron chi connectivity index (χ0n) is 13.3. The first-order valence-electron chi connectivity index (χ1n) is 7.22. The summed E-state index contributed by atoms with van der Waals surface area (Å²) in [5.74, 6) is -1.60. The van der Waals surface area contributed by atoms with Gasteiger partial charge in [-0.1, -0.05) is 34.1 Å². The molecule has 25 heavy (non-hydrogen) atoms. The monoisotopic (exact) mass is 407 g/mol. The molecule has 2 amide bonds. The number of hydrazone groups is 1. The van der Waals surface area contributed by atoms with Gasteiger partial charge in [0.2, 0.25) is 0 Å². The minimum Gasteiger partial charge on any atom is -0.488 e. The molecule has 2 aromatic carbocycles. The number of nitrogens with zero attached hydrogens (tertiary/aromatic N) is 1. The van der Waals surface area contributed by atoms with Gasteiger partial charge in [0.15, 0.2) is 0 Å². The summed E-state index contributed by atoms with van der Waals surface area (Å²) in [6, 6.07) is 11.5. The lowest BCUT2D eigenvalue weighted by Gasteiger charge is -2.10. The van der Waals surface area contributed by atoms with Crippen molar-refractivity contribution >= 4 is 34.0 Å². The molecule has 0 radical (unpaired) electrons. The van der Waals surface area contributed by atoms with Gasteiger partial charge in [0.05, 0.1) is 6.21 Å². The molecule has 6 nitrogen and oxygen atoms in total. The number of nitrogens with one attached hydrogen (secondary N) is 2. The van der Waals surface area contributed by atoms with Gasteiger partial charge in [0, 0.05) is 22.6 Å². The van der Waals surface area contributed by atoms with Crippen LogP contribution in [0.2, 0.25) is 0 Å². The topological polar surface area (TPSA) is 79.8 Å². The lowest BCUT2D eigenvalue weighted by atomic mass is 10.2. The molecule has 0 aliphatic rings. The third kappa shape index (κ3) is 5.39. The van der Waals surface area contributed by atoms with Gasteiger partial charge in [-0.15, -0.1) is 0 Å². The minimum atomic E-state index is -0.887. The minimum absolute atomic E-state index is 0.0414. The Balaban J connectivity index is 2.10. The van der Waals surface area contributed by atoms with Crippen molar-refractivity contribution in [2.75, 3.05) is 7.05 Å². The van der Waals surface area contributed by atoms with Gasteiger partial charge in [-0.05, 0) is 24.3 Å². The normalized spacial score (nSPS) is 10.5. The lowest BCUT2D eigenvalue weighted by Crippen LogP contribution is -2.35. The number of rotatable bonds is 5. The van der Waals surface area contributed by atoms with Crippen LogP contribution >= 0.6 is 15.9 Å². The van der Waals surface area contributed by atoms with Gasteiger partial charge in [0.1, 0.15) is 18.2 Å². The van der Waals surface area contributed by atoms with Crippen LogP contribution in [0.3, 0.4) is 0 Å². The predicted molar refractivity (Wildman–Crippen MR) is 94.7 cm³/mol. The molecule has 0 aromatic heterocycles. The van der Waals surface area contributed by atoms with E-state index in [0.717, 1.165) is 4.47 Å². The molecule has 0 unspecified atom stereocenters. The molecule has 0 fully saturated rings. The Hall–Kier alpha value is -2.74. The average Bonchev–Trinajstić information content (AvgIpc) is 2.61. The van der Waals surface area contributed by atoms with Gasteiger partial charge >= 0.3 is 11.8 Å². The molecule has 8 heteroatoms. The Bertz CT molecular complexity index is 811. The number of carbonyl (C=O) groups is 2. The number of likely N-dealkylation sites (N-methyl/N-ethyl adjacent to an activating group) is 1. The van der Waals surface area contributed by atoms with Crippen molar-refractivity contribution in [1.82, 2.24) is 10.7 Å². The molecule has 0 aliphatic heterocycles. The summed E-state index contributed by atoms with van der Waals surface area (Å²) in [6.45, 7) is 0.0414. The van der Waals surface area contributed by atoms with E-state index in [1.807, 2.05) is 0 Å². The molecular weight excluding hydrogens is 393 g/mol. The van der Waals surface area contributed by atoms with Crippen molar-refractivity contribution in [2.24, 2.45) is 5.10 Å². The van der Waals surface area contributed by atoms with Crippen molar-refractivity contribution in [3.63, 3.8) is 0 Å². The van der Waals surface area contributed by atoms with E-state index in [0.29, 0.717) is 16.9 Å². The van der Waals surface area contributed by atoms with Crippen LogP contribution in [0.25, 0.3) is 0 Å². The van der Waals surface area contributed by atoms with Crippen LogP contribution in [-0.2, 0) is 16.2 Å². The molecule has 0 heterocycles. The van der Waals surface area contributed by atoms with Crippen LogP contribution < -0.4 is 15.5 Å². The van der Waals surface area contributed by atoms with Crippen molar-refractivity contribution in [3.8, 4) is 5.75 Å². The SMILES string of the molecule is CNC(=O)C(=O)N/N=C\c1cc(Br)ccc1OCc1ccccc1F. The van der Waals surface area contributed by atoms with Crippen LogP contribution in [0.4, 0.5) is 4.39 Å². The molecular formula is C17H15BrFN3O3. The number of halogens is 2. The van der Waals surface area contributed by atoms with Gasteiger partial charge in [-0.3, -0.25) is 9.59 Å². The van der Waals surface area contributed by atoms with E-state index in [1.54, 1.807) is 36.4 Å². The Kier molecular flexibility index (Phi) is 6.64. The summed E-state index contributed by atoms with van der Waals surface area (Å²) in [4.78, 5) is 22.4. The molecule has 0 atom stereocenters. The highest BCUT2D eigenvalue weighted by atomic mass is 79.9. The maximum Gasteiger partial charge on any atom is 0.329 e. The van der Waals surface area contributed by atoms with E-state index in [2.05, 4.69) is 31.8 Å². The Labute approximate surface area is 152 Å². The highest BCUT2D eigenvalue weighted by Crippen LogP contribution is 2.23. The van der Waals surface area contributed by atoms with Crippen molar-refractivity contribution < 1.29 is 18.7 Å². The average molecular weight is 408 g/mol. The fraction of sp³-hybridized carbons (Fsp3) is 0.118. The van der Waals surface area contributed by atoms with Crippen molar-refractivity contribution in [3.05, 3.63) is 63.9 Å². The summed E-state index contributed by atoms with van der Waals surface area (Å²) in [5.41, 5.74) is 3.06. The summed E-state index contributed by atoms with van der Waals surface area (Å²) >= 11 is 3.33. The first-order chi connectivity index (χ1) is 12.0. The fourth-order valence-corrected chi connectivity index (χ4v) is 2.23. The second-order valence-corrected chi connectivity index (χ2v) is 5.76. The van der Waals surface area contributed by atoms with E-state index in [1.165, 1.54) is 19.3 Å². The lowest BCUT2D eigenvalue weighted by molar-refractivity contribution is -0.138. The summed E-state index contributed by atoms with van der Waals surface area (Å²) in [6.07, 6.45) is 1.34. The second kappa shape index (κ2) is 8.93. The molecule has 0 saturated carbocycles. The van der Waals surface area contributed by atoms with Gasteiger partial charge in [-0.25, -0.2) is 9.82 Å². The smallest absolute Gasteiger partial charge is 0.329 e. The van der Waals surface area contributed by atoms with E-state index >= 15 is 0 Å². The Morgan fingerprint density at radius 3 is 2.72 bits per heavy atom. The number of carbonyl (C=O) groups excluding carboxylic acids is 2. The zero-order chi connectivity index (χ0) is 18.2. The van der Waals surface area contributed by atoms with E-state index < -0.39 is 11.8 Å². The maximum atomic E-state index is 13.7. The van der Waals surface area contributed by atoms with Crippen LogP contribution in [0.1, 0.15) is 11.1 Å². The van der Waals surface area contributed by atoms with Gasteiger partial charge < -0.3 is 10.1 Å². The standard InChI is InChI=1S/C17H15BrFN3O3/c1-20-16(23)17(24)22-21-9-12-8-13(18)6-7-15(12)25-10-11-4-2-3-5-14(11)19/h2-9H,10H2,1H3,(H,20,23)(H,22,24)/b21-9-. The van der Waals surface area contributed by atoms with Crippen LogP contribution in [0.5, 0.6) is 5.75 Å². The molecule has 2 N–H and O–H groups in total. The molecule has 0 aliphatic carbocycles. The predicted octanol–water partition coefficient (Wildman–Crippen LogP) is 2.36. The van der Waals surface area contributed by atoms with Crippen LogP contribution in [0, 0.1) is 5.82 Å². The highest BCUT2D eigenvalue weighted by molar-refractivity contribution is 9.10. The number of benzene rings is 2. The highest BCUT2D eigenvalue weighted by Gasteiger charge is 2.10. The first-order valence-corrected chi connectivity index (χ1v) is 8.01. The quantitative estimate of drug-likeness (QED) is 0.453.